The average Bonchev–Trinajstić information content (AvgIpc) is 3.01. The van der Waals surface area contributed by atoms with Gasteiger partial charge in [-0.25, -0.2) is 0 Å². The van der Waals surface area contributed by atoms with Crippen molar-refractivity contribution in [1.29, 1.82) is 0 Å². The van der Waals surface area contributed by atoms with E-state index in [2.05, 4.69) is 5.32 Å². The quantitative estimate of drug-likeness (QED) is 0.691. The van der Waals surface area contributed by atoms with Gasteiger partial charge in [-0.3, -0.25) is 0 Å². The van der Waals surface area contributed by atoms with Gasteiger partial charge in [-0.05, 0) is 23.9 Å². The second kappa shape index (κ2) is 6.36. The van der Waals surface area contributed by atoms with Crippen LogP contribution in [0.4, 0.5) is 5.69 Å². The van der Waals surface area contributed by atoms with E-state index in [-0.39, 0.29) is 0 Å². The minimum absolute atomic E-state index is 0.727. The average molecular weight is 321 g/mol. The summed E-state index contributed by atoms with van der Waals surface area (Å²) in [4.78, 5) is 0. The predicted molar refractivity (Wildman–Crippen MR) is 84.8 cm³/mol. The number of benzene rings is 1. The van der Waals surface area contributed by atoms with Gasteiger partial charge in [-0.1, -0.05) is 29.8 Å². The second-order valence-electron chi connectivity index (χ2n) is 5.52. The molecular formula is C16H19NO4S. The molecule has 1 aliphatic heterocycles. The van der Waals surface area contributed by atoms with Crippen LogP contribution in [0.3, 0.4) is 0 Å². The third-order valence-corrected chi connectivity index (χ3v) is 4.56. The van der Waals surface area contributed by atoms with E-state index in [1.807, 2.05) is 48.0 Å². The van der Waals surface area contributed by atoms with Crippen LogP contribution in [-0.4, -0.2) is 39.9 Å². The molecule has 1 aromatic heterocycles. The van der Waals surface area contributed by atoms with E-state index in [4.69, 9.17) is 4.74 Å². The topological polar surface area (TPSA) is 82.0 Å². The van der Waals surface area contributed by atoms with Crippen LogP contribution in [-0.2, 0) is 4.74 Å². The van der Waals surface area contributed by atoms with E-state index >= 15 is 0 Å². The number of hydrogen-bond acceptors (Lipinski definition) is 6. The Hall–Kier alpha value is -1.44. The van der Waals surface area contributed by atoms with Crippen LogP contribution >= 0.6 is 11.3 Å². The zero-order chi connectivity index (χ0) is 15.7. The molecule has 118 valence electrons. The number of aryl methyl sites for hydroxylation is 1. The van der Waals surface area contributed by atoms with Gasteiger partial charge in [0.05, 0.1) is 0 Å². The van der Waals surface area contributed by atoms with Crippen molar-refractivity contribution >= 4 is 17.0 Å². The summed E-state index contributed by atoms with van der Waals surface area (Å²) >= 11 is 1.50. The van der Waals surface area contributed by atoms with Crippen molar-refractivity contribution in [2.75, 3.05) is 5.32 Å². The number of aliphatic hydroxyl groups is 3. The molecule has 2 aromatic rings. The highest BCUT2D eigenvalue weighted by Gasteiger charge is 2.44. The summed E-state index contributed by atoms with van der Waals surface area (Å²) < 4.78 is 5.54. The third-order valence-electron chi connectivity index (χ3n) is 3.88. The summed E-state index contributed by atoms with van der Waals surface area (Å²) in [5.41, 5.74) is 2.59. The van der Waals surface area contributed by atoms with Crippen molar-refractivity contribution < 1.29 is 20.1 Å². The van der Waals surface area contributed by atoms with Gasteiger partial charge < -0.3 is 25.4 Å². The molecule has 0 bridgehead atoms. The molecule has 1 fully saturated rings. The van der Waals surface area contributed by atoms with Crippen LogP contribution in [0, 0.1) is 6.92 Å². The molecule has 1 aliphatic rings. The number of hydrogen-bond donors (Lipinski definition) is 4. The fraction of sp³-hybridized carbons (Fsp3) is 0.375. The Labute approximate surface area is 132 Å². The van der Waals surface area contributed by atoms with Crippen molar-refractivity contribution in [1.82, 2.24) is 0 Å². The largest absolute Gasteiger partial charge is 0.388 e. The Morgan fingerprint density at radius 2 is 1.77 bits per heavy atom. The van der Waals surface area contributed by atoms with Gasteiger partial charge in [-0.15, -0.1) is 0 Å². The SMILES string of the molecule is Cc1ccc(C2OC(O)C(Nc3ccsc3)C(O)C2O)cc1. The lowest BCUT2D eigenvalue weighted by molar-refractivity contribution is -0.241. The first-order valence-electron chi connectivity index (χ1n) is 7.11. The highest BCUT2D eigenvalue weighted by molar-refractivity contribution is 7.08. The van der Waals surface area contributed by atoms with E-state index in [0.29, 0.717) is 0 Å². The Morgan fingerprint density at radius 3 is 2.41 bits per heavy atom. The van der Waals surface area contributed by atoms with Crippen LogP contribution in [0.1, 0.15) is 17.2 Å². The van der Waals surface area contributed by atoms with E-state index in [0.717, 1.165) is 16.8 Å². The van der Waals surface area contributed by atoms with E-state index < -0.39 is 30.6 Å². The molecule has 0 saturated carbocycles. The van der Waals surface area contributed by atoms with Gasteiger partial charge >= 0.3 is 0 Å². The van der Waals surface area contributed by atoms with Crippen molar-refractivity contribution in [3.05, 3.63) is 52.2 Å². The highest BCUT2D eigenvalue weighted by atomic mass is 32.1. The number of ether oxygens (including phenoxy) is 1. The fourth-order valence-corrected chi connectivity index (χ4v) is 3.20. The van der Waals surface area contributed by atoms with Crippen LogP contribution in [0.2, 0.25) is 0 Å². The number of rotatable bonds is 3. The molecular weight excluding hydrogens is 302 g/mol. The van der Waals surface area contributed by atoms with Crippen LogP contribution < -0.4 is 5.32 Å². The number of anilines is 1. The van der Waals surface area contributed by atoms with Crippen LogP contribution in [0.5, 0.6) is 0 Å². The molecule has 3 rings (SSSR count). The summed E-state index contributed by atoms with van der Waals surface area (Å²) in [7, 11) is 0. The first kappa shape index (κ1) is 15.5. The molecule has 5 unspecified atom stereocenters. The third kappa shape index (κ3) is 3.02. The molecule has 1 aromatic carbocycles. The summed E-state index contributed by atoms with van der Waals surface area (Å²) in [6.45, 7) is 1.96. The summed E-state index contributed by atoms with van der Waals surface area (Å²) in [6, 6.07) is 8.51. The van der Waals surface area contributed by atoms with Gasteiger partial charge in [0.25, 0.3) is 0 Å². The number of thiophene rings is 1. The molecule has 6 heteroatoms. The zero-order valence-corrected chi connectivity index (χ0v) is 12.9. The first-order valence-corrected chi connectivity index (χ1v) is 8.05. The molecule has 5 atom stereocenters. The molecule has 0 spiro atoms. The van der Waals surface area contributed by atoms with Gasteiger partial charge in [-0.2, -0.15) is 11.3 Å². The van der Waals surface area contributed by atoms with Gasteiger partial charge in [0.1, 0.15) is 24.4 Å². The van der Waals surface area contributed by atoms with Crippen LogP contribution in [0.25, 0.3) is 0 Å². The van der Waals surface area contributed by atoms with Crippen molar-refractivity contribution in [3.8, 4) is 0 Å². The lowest BCUT2D eigenvalue weighted by Crippen LogP contribution is -2.57. The molecule has 0 amide bonds. The molecule has 0 aliphatic carbocycles. The Bertz CT molecular complexity index is 601. The molecule has 0 radical (unpaired) electrons. The molecule has 4 N–H and O–H groups in total. The summed E-state index contributed by atoms with van der Waals surface area (Å²) in [6.07, 6.45) is -4.24. The standard InChI is InChI=1S/C16H19NO4S/c1-9-2-4-10(5-3-9)15-14(19)13(18)12(16(20)21-15)17-11-6-7-22-8-11/h2-8,12-20H,1H3. The smallest absolute Gasteiger partial charge is 0.178 e. The fourth-order valence-electron chi connectivity index (χ4n) is 2.60. The minimum atomic E-state index is -1.22. The lowest BCUT2D eigenvalue weighted by atomic mass is 9.92. The predicted octanol–water partition coefficient (Wildman–Crippen LogP) is 1.65. The van der Waals surface area contributed by atoms with E-state index in [9.17, 15) is 15.3 Å². The van der Waals surface area contributed by atoms with Crippen molar-refractivity contribution in [3.63, 3.8) is 0 Å². The van der Waals surface area contributed by atoms with Gasteiger partial charge in [0.2, 0.25) is 0 Å². The highest BCUT2D eigenvalue weighted by Crippen LogP contribution is 2.33. The molecule has 22 heavy (non-hydrogen) atoms. The summed E-state index contributed by atoms with van der Waals surface area (Å²) in [5, 5.41) is 37.6. The monoisotopic (exact) mass is 321 g/mol. The van der Waals surface area contributed by atoms with Crippen LogP contribution in [0.15, 0.2) is 41.1 Å². The Balaban J connectivity index is 1.77. The first-order chi connectivity index (χ1) is 10.6. The molecule has 2 heterocycles. The van der Waals surface area contributed by atoms with E-state index in [1.165, 1.54) is 11.3 Å². The minimum Gasteiger partial charge on any atom is -0.388 e. The maximum atomic E-state index is 10.4. The second-order valence-corrected chi connectivity index (χ2v) is 6.30. The Kier molecular flexibility index (Phi) is 4.46. The molecule has 1 saturated heterocycles. The lowest BCUT2D eigenvalue weighted by Gasteiger charge is -2.41. The number of aliphatic hydroxyl groups excluding tert-OH is 3. The van der Waals surface area contributed by atoms with Crippen molar-refractivity contribution in [2.45, 2.75) is 37.6 Å². The van der Waals surface area contributed by atoms with E-state index in [1.54, 1.807) is 0 Å². The maximum absolute atomic E-state index is 10.4. The molecule has 5 nitrogen and oxygen atoms in total. The zero-order valence-electron chi connectivity index (χ0n) is 12.1. The Morgan fingerprint density at radius 1 is 1.05 bits per heavy atom. The number of nitrogens with one attached hydrogen (secondary N) is 1. The van der Waals surface area contributed by atoms with Gasteiger partial charge in [0.15, 0.2) is 6.29 Å². The summed E-state index contributed by atoms with van der Waals surface area (Å²) in [5.74, 6) is 0. The van der Waals surface area contributed by atoms with Crippen molar-refractivity contribution in [2.24, 2.45) is 0 Å². The maximum Gasteiger partial charge on any atom is 0.178 e. The normalized spacial score (nSPS) is 31.9. The van der Waals surface area contributed by atoms with Gasteiger partial charge in [0, 0.05) is 11.1 Å².